The molecule has 3 aromatic carbocycles. The molecule has 32 heavy (non-hydrogen) atoms. The van der Waals surface area contributed by atoms with Crippen molar-refractivity contribution in [3.8, 4) is 0 Å². The minimum absolute atomic E-state index is 0. The molecule has 0 aromatic heterocycles. The van der Waals surface area contributed by atoms with Gasteiger partial charge in [0, 0.05) is 0 Å². The Morgan fingerprint density at radius 3 is 0.844 bits per heavy atom. The number of benzene rings is 3. The van der Waals surface area contributed by atoms with Crippen molar-refractivity contribution in [2.45, 2.75) is 20.3 Å². The number of hydrogen-bond acceptors (Lipinski definition) is 5. The number of hydrogen-bond donors (Lipinski definition) is 0. The zero-order valence-electron chi connectivity index (χ0n) is 17.7. The molecule has 0 N–H and O–H groups in total. The molecule has 0 aliphatic carbocycles. The van der Waals surface area contributed by atoms with Crippen molar-refractivity contribution in [3.63, 3.8) is 0 Å². The first-order chi connectivity index (χ1) is 14.9. The molecular formula is C26H23O5Rh. The molecule has 0 saturated carbocycles. The molecule has 3 aromatic rings. The molecule has 6 heteroatoms. The molecule has 0 fully saturated rings. The molecule has 0 bridgehead atoms. The summed E-state index contributed by atoms with van der Waals surface area (Å²) in [5, 5.41) is 0. The number of carbonyl (C=O) groups excluding carboxylic acids is 5. The van der Waals surface area contributed by atoms with Gasteiger partial charge in [-0.3, -0.25) is 9.59 Å². The van der Waals surface area contributed by atoms with Crippen molar-refractivity contribution in [2.24, 2.45) is 0 Å². The number of ketones is 2. The third kappa shape index (κ3) is 18.6. The maximum absolute atomic E-state index is 10.0. The van der Waals surface area contributed by atoms with Crippen LogP contribution in [0.2, 0.25) is 0 Å². The Kier molecular flexibility index (Phi) is 20.1. The second-order valence-electron chi connectivity index (χ2n) is 5.99. The third-order valence-corrected chi connectivity index (χ3v) is 3.17. The molecule has 5 nitrogen and oxygen atoms in total. The quantitative estimate of drug-likeness (QED) is 0.290. The minimum Gasteiger partial charge on any atom is -0.376 e. The standard InChI is InChI=1S/3C7H5O.C5H8O2.Rh/c3*8-6-7-4-2-1-3-5-7;1-4(6)3-5(2)7;/h3*1-5H;3H2,1-2H3;/q3*-1;;+3. The Hall–Kier alpha value is -3.37. The van der Waals surface area contributed by atoms with Crippen LogP contribution < -0.4 is 0 Å². The number of Topliss-reactive ketones (excluding diaryl/α,β-unsaturated/α-hetero) is 2. The van der Waals surface area contributed by atoms with E-state index in [9.17, 15) is 24.0 Å². The fraction of sp³-hybridized carbons (Fsp3) is 0.115. The number of carbonyl (C=O) groups is 2. The van der Waals surface area contributed by atoms with Gasteiger partial charge in [-0.15, -0.1) is 36.4 Å². The SMILES string of the molecule is CC(=O)CC(C)=O.O=[C-]c1ccccc1.O=[C-]c1ccccc1.O=[C-]c1ccccc1.[Rh+3]. The predicted molar refractivity (Wildman–Crippen MR) is 120 cm³/mol. The Bertz CT molecular complexity index is 795. The van der Waals surface area contributed by atoms with E-state index in [0.717, 1.165) is 0 Å². The second-order valence-corrected chi connectivity index (χ2v) is 5.99. The van der Waals surface area contributed by atoms with Crippen LogP contribution in [0, 0.1) is 0 Å². The van der Waals surface area contributed by atoms with Gasteiger partial charge in [0.1, 0.15) is 11.6 Å². The summed E-state index contributed by atoms with van der Waals surface area (Å²) in [6.45, 7) is 2.81. The molecule has 0 heterocycles. The first-order valence-corrected chi connectivity index (χ1v) is 9.21. The van der Waals surface area contributed by atoms with E-state index < -0.39 is 0 Å². The monoisotopic (exact) mass is 518 g/mol. The number of rotatable bonds is 5. The molecule has 0 spiro atoms. The van der Waals surface area contributed by atoms with Crippen molar-refractivity contribution in [2.75, 3.05) is 0 Å². The van der Waals surface area contributed by atoms with Gasteiger partial charge in [-0.1, -0.05) is 18.2 Å². The molecule has 0 unspecified atom stereocenters. The topological polar surface area (TPSA) is 85.3 Å². The average molecular weight is 518 g/mol. The van der Waals surface area contributed by atoms with Gasteiger partial charge in [0.15, 0.2) is 0 Å². The van der Waals surface area contributed by atoms with Crippen molar-refractivity contribution in [3.05, 3.63) is 108 Å². The van der Waals surface area contributed by atoms with Gasteiger partial charge in [0.25, 0.3) is 0 Å². The van der Waals surface area contributed by atoms with Crippen molar-refractivity contribution < 1.29 is 43.5 Å². The smallest absolute Gasteiger partial charge is 0.376 e. The Balaban J connectivity index is 0. The van der Waals surface area contributed by atoms with E-state index in [2.05, 4.69) is 0 Å². The molecule has 0 saturated heterocycles. The van der Waals surface area contributed by atoms with Crippen LogP contribution in [0.4, 0.5) is 0 Å². The summed E-state index contributed by atoms with van der Waals surface area (Å²) in [5.41, 5.74) is 1.81. The van der Waals surface area contributed by atoms with Crippen LogP contribution in [0.25, 0.3) is 0 Å². The van der Waals surface area contributed by atoms with Gasteiger partial charge < -0.3 is 14.4 Å². The van der Waals surface area contributed by atoms with Crippen LogP contribution in [-0.4, -0.2) is 30.4 Å². The van der Waals surface area contributed by atoms with E-state index in [4.69, 9.17) is 0 Å². The fourth-order valence-corrected chi connectivity index (χ4v) is 1.87. The van der Waals surface area contributed by atoms with Gasteiger partial charge in [0.2, 0.25) is 0 Å². The molecule has 0 amide bonds. The van der Waals surface area contributed by atoms with Gasteiger partial charge in [-0.05, 0) is 13.8 Å². The molecule has 0 radical (unpaired) electrons. The minimum atomic E-state index is -0.0625. The summed E-state index contributed by atoms with van der Waals surface area (Å²) in [6.07, 6.45) is 5.41. The Morgan fingerprint density at radius 1 is 0.531 bits per heavy atom. The largest absolute Gasteiger partial charge is 3.00 e. The molecule has 3 rings (SSSR count). The van der Waals surface area contributed by atoms with Gasteiger partial charge in [-0.2, -0.15) is 53.1 Å². The zero-order valence-corrected chi connectivity index (χ0v) is 19.4. The first kappa shape index (κ1) is 30.8. The van der Waals surface area contributed by atoms with E-state index in [1.165, 1.54) is 13.8 Å². The van der Waals surface area contributed by atoms with Gasteiger partial charge >= 0.3 is 19.5 Å². The van der Waals surface area contributed by atoms with Crippen LogP contribution in [0.15, 0.2) is 91.0 Å². The van der Waals surface area contributed by atoms with Crippen molar-refractivity contribution in [1.82, 2.24) is 0 Å². The summed E-state index contributed by atoms with van der Waals surface area (Å²) in [6, 6.07) is 26.7. The van der Waals surface area contributed by atoms with E-state index in [-0.39, 0.29) is 37.5 Å². The van der Waals surface area contributed by atoms with Crippen LogP contribution in [0.1, 0.15) is 37.0 Å². The molecule has 166 valence electrons. The third-order valence-electron chi connectivity index (χ3n) is 3.17. The summed E-state index contributed by atoms with van der Waals surface area (Å²) >= 11 is 0. The van der Waals surface area contributed by atoms with Crippen LogP contribution in [0.3, 0.4) is 0 Å². The first-order valence-electron chi connectivity index (χ1n) is 9.21. The summed E-state index contributed by atoms with van der Waals surface area (Å²) in [4.78, 5) is 49.7. The predicted octanol–water partition coefficient (Wildman–Crippen LogP) is 3.99. The van der Waals surface area contributed by atoms with Crippen LogP contribution >= 0.6 is 0 Å². The summed E-state index contributed by atoms with van der Waals surface area (Å²) < 4.78 is 0. The Labute approximate surface area is 201 Å². The molecule has 0 atom stereocenters. The maximum Gasteiger partial charge on any atom is 3.00 e. The van der Waals surface area contributed by atoms with Crippen molar-refractivity contribution >= 4 is 30.4 Å². The fourth-order valence-electron chi connectivity index (χ4n) is 1.87. The van der Waals surface area contributed by atoms with E-state index >= 15 is 0 Å². The van der Waals surface area contributed by atoms with Crippen LogP contribution in [-0.2, 0) is 43.5 Å². The van der Waals surface area contributed by atoms with E-state index in [1.807, 2.05) is 18.2 Å². The second kappa shape index (κ2) is 20.9. The zero-order chi connectivity index (χ0) is 23.3. The van der Waals surface area contributed by atoms with E-state index in [0.29, 0.717) is 16.7 Å². The summed E-state index contributed by atoms with van der Waals surface area (Å²) in [7, 11) is 0. The molecule has 0 aliphatic heterocycles. The summed E-state index contributed by atoms with van der Waals surface area (Å²) in [5.74, 6) is -0.125. The molecule has 0 aliphatic rings. The van der Waals surface area contributed by atoms with Crippen molar-refractivity contribution in [1.29, 1.82) is 0 Å². The average Bonchev–Trinajstić information content (AvgIpc) is 2.81. The van der Waals surface area contributed by atoms with Crippen LogP contribution in [0.5, 0.6) is 0 Å². The van der Waals surface area contributed by atoms with E-state index in [1.54, 1.807) is 91.7 Å². The van der Waals surface area contributed by atoms with Gasteiger partial charge in [0.05, 0.1) is 25.3 Å². The normalized spacial score (nSPS) is 8.19. The van der Waals surface area contributed by atoms with Gasteiger partial charge in [-0.25, -0.2) is 0 Å². The molecular weight excluding hydrogens is 495 g/mol. The Morgan fingerprint density at radius 2 is 0.750 bits per heavy atom. The maximum atomic E-state index is 10.0.